The van der Waals surface area contributed by atoms with Crippen LogP contribution in [-0.4, -0.2) is 28.5 Å². The van der Waals surface area contributed by atoms with Crippen LogP contribution in [0.3, 0.4) is 0 Å². The maximum absolute atomic E-state index is 12.0. The number of nitrogens with zero attached hydrogens (tertiary/aromatic N) is 2. The summed E-state index contributed by atoms with van der Waals surface area (Å²) >= 11 is 0. The van der Waals surface area contributed by atoms with Crippen molar-refractivity contribution in [2.75, 3.05) is 6.54 Å². The first-order valence-electron chi connectivity index (χ1n) is 8.23. The molecule has 5 nitrogen and oxygen atoms in total. The molecule has 1 N–H and O–H groups in total. The molecule has 24 heavy (non-hydrogen) atoms. The Hall–Kier alpha value is -2.43. The summed E-state index contributed by atoms with van der Waals surface area (Å²) in [7, 11) is 0. The number of fused-ring (bicyclic) bond motifs is 1. The minimum absolute atomic E-state index is 0.00986. The van der Waals surface area contributed by atoms with Gasteiger partial charge in [0.05, 0.1) is 6.54 Å². The Balaban J connectivity index is 1.66. The maximum Gasteiger partial charge on any atom is 0.220 e. The van der Waals surface area contributed by atoms with Crippen molar-refractivity contribution in [2.24, 2.45) is 5.41 Å². The summed E-state index contributed by atoms with van der Waals surface area (Å²) in [4.78, 5) is 20.1. The van der Waals surface area contributed by atoms with Crippen LogP contribution in [-0.2, 0) is 11.2 Å². The summed E-state index contributed by atoms with van der Waals surface area (Å²) in [6, 6.07) is 6.10. The minimum atomic E-state index is -0.0327. The van der Waals surface area contributed by atoms with E-state index in [9.17, 15) is 4.79 Å². The number of para-hydroxylation sites is 1. The Kier molecular flexibility index (Phi) is 4.51. The minimum Gasteiger partial charge on any atom is -0.487 e. The van der Waals surface area contributed by atoms with Gasteiger partial charge in [-0.3, -0.25) is 4.79 Å². The van der Waals surface area contributed by atoms with Gasteiger partial charge >= 0.3 is 0 Å². The average molecular weight is 325 g/mol. The molecule has 1 aromatic carbocycles. The maximum atomic E-state index is 12.0. The third-order valence-electron chi connectivity index (χ3n) is 3.92. The molecule has 3 rings (SSSR count). The molecule has 0 radical (unpaired) electrons. The molecule has 5 heteroatoms. The lowest BCUT2D eigenvalue weighted by Gasteiger charge is -2.18. The molecule has 1 aliphatic heterocycles. The van der Waals surface area contributed by atoms with Crippen LogP contribution in [0.1, 0.15) is 32.8 Å². The van der Waals surface area contributed by atoms with Gasteiger partial charge < -0.3 is 10.1 Å². The molecule has 0 fully saturated rings. The first-order chi connectivity index (χ1) is 11.4. The zero-order chi connectivity index (χ0) is 17.2. The molecule has 2 aromatic rings. The highest BCUT2D eigenvalue weighted by molar-refractivity contribution is 5.76. The topological polar surface area (TPSA) is 64.1 Å². The first kappa shape index (κ1) is 16.4. The largest absolute Gasteiger partial charge is 0.487 e. The summed E-state index contributed by atoms with van der Waals surface area (Å²) in [5.74, 6) is 0.945. The fraction of sp³-hybridized carbons (Fsp3) is 0.421. The van der Waals surface area contributed by atoms with Gasteiger partial charge in [-0.15, -0.1) is 0 Å². The standard InChI is InChI=1S/C19H23N3O2/c1-19(2,3)8-17(23)22-11-15-7-13-5-4-6-16(18(13)24-15)14-9-20-12-21-10-14/h4-6,9-10,12,15H,7-8,11H2,1-3H3,(H,22,23)/t15-/m1/s1. The van der Waals surface area contributed by atoms with Crippen molar-refractivity contribution in [1.82, 2.24) is 15.3 Å². The summed E-state index contributed by atoms with van der Waals surface area (Å²) in [6.45, 7) is 6.70. The number of nitrogens with one attached hydrogen (secondary N) is 1. The Labute approximate surface area is 142 Å². The van der Waals surface area contributed by atoms with Crippen molar-refractivity contribution in [3.05, 3.63) is 42.5 Å². The average Bonchev–Trinajstić information content (AvgIpc) is 2.95. The van der Waals surface area contributed by atoms with Crippen LogP contribution < -0.4 is 10.1 Å². The van der Waals surface area contributed by atoms with E-state index in [4.69, 9.17) is 4.74 Å². The van der Waals surface area contributed by atoms with E-state index < -0.39 is 0 Å². The normalized spacial score (nSPS) is 16.4. The quantitative estimate of drug-likeness (QED) is 0.938. The van der Waals surface area contributed by atoms with Crippen LogP contribution in [0.4, 0.5) is 0 Å². The van der Waals surface area contributed by atoms with Gasteiger partial charge in [0.1, 0.15) is 18.2 Å². The van der Waals surface area contributed by atoms with E-state index in [1.54, 1.807) is 12.4 Å². The summed E-state index contributed by atoms with van der Waals surface area (Å²) in [6.07, 6.45) is 6.36. The van der Waals surface area contributed by atoms with Crippen LogP contribution in [0.25, 0.3) is 11.1 Å². The van der Waals surface area contributed by atoms with Gasteiger partial charge in [0, 0.05) is 36.4 Å². The number of ether oxygens (including phenoxy) is 1. The lowest BCUT2D eigenvalue weighted by Crippen LogP contribution is -2.36. The van der Waals surface area contributed by atoms with Gasteiger partial charge in [0.15, 0.2) is 0 Å². The molecular formula is C19H23N3O2. The lowest BCUT2D eigenvalue weighted by atomic mass is 9.92. The van der Waals surface area contributed by atoms with Gasteiger partial charge in [-0.05, 0) is 11.0 Å². The number of benzene rings is 1. The van der Waals surface area contributed by atoms with E-state index in [-0.39, 0.29) is 17.4 Å². The zero-order valence-electron chi connectivity index (χ0n) is 14.4. The van der Waals surface area contributed by atoms with E-state index in [1.165, 1.54) is 6.33 Å². The van der Waals surface area contributed by atoms with Gasteiger partial charge in [0.2, 0.25) is 5.91 Å². The van der Waals surface area contributed by atoms with Crippen LogP contribution in [0.2, 0.25) is 0 Å². The van der Waals surface area contributed by atoms with Crippen molar-refractivity contribution in [3.8, 4) is 16.9 Å². The smallest absolute Gasteiger partial charge is 0.220 e. The number of aromatic nitrogens is 2. The molecule has 0 saturated carbocycles. The van der Waals surface area contributed by atoms with Crippen LogP contribution in [0, 0.1) is 5.41 Å². The predicted molar refractivity (Wildman–Crippen MR) is 92.7 cm³/mol. The van der Waals surface area contributed by atoms with Crippen molar-refractivity contribution >= 4 is 5.91 Å². The van der Waals surface area contributed by atoms with Crippen LogP contribution in [0.5, 0.6) is 5.75 Å². The van der Waals surface area contributed by atoms with Gasteiger partial charge in [-0.2, -0.15) is 0 Å². The molecule has 126 valence electrons. The van der Waals surface area contributed by atoms with E-state index >= 15 is 0 Å². The SMILES string of the molecule is CC(C)(C)CC(=O)NC[C@H]1Cc2cccc(-c3cncnc3)c2O1. The number of amides is 1. The molecule has 0 spiro atoms. The zero-order valence-corrected chi connectivity index (χ0v) is 14.4. The van der Waals surface area contributed by atoms with Gasteiger partial charge in [0.25, 0.3) is 0 Å². The summed E-state index contributed by atoms with van der Waals surface area (Å²) in [5.41, 5.74) is 3.08. The molecule has 0 aliphatic carbocycles. The Morgan fingerprint density at radius 2 is 2.04 bits per heavy atom. The highest BCUT2D eigenvalue weighted by Gasteiger charge is 2.26. The number of rotatable bonds is 4. The first-order valence-corrected chi connectivity index (χ1v) is 8.23. The highest BCUT2D eigenvalue weighted by Crippen LogP contribution is 2.38. The van der Waals surface area contributed by atoms with Crippen molar-refractivity contribution in [1.29, 1.82) is 0 Å². The predicted octanol–water partition coefficient (Wildman–Crippen LogP) is 3.00. The number of carbonyl (C=O) groups excluding carboxylic acids is 1. The van der Waals surface area contributed by atoms with Crippen molar-refractivity contribution in [2.45, 2.75) is 39.7 Å². The van der Waals surface area contributed by atoms with Gasteiger partial charge in [-0.1, -0.05) is 39.0 Å². The number of hydrogen-bond donors (Lipinski definition) is 1. The van der Waals surface area contributed by atoms with Crippen LogP contribution >= 0.6 is 0 Å². The summed E-state index contributed by atoms with van der Waals surface area (Å²) < 4.78 is 6.10. The van der Waals surface area contributed by atoms with Crippen LogP contribution in [0.15, 0.2) is 36.9 Å². The molecule has 1 aromatic heterocycles. The van der Waals surface area contributed by atoms with E-state index in [1.807, 2.05) is 12.1 Å². The van der Waals surface area contributed by atoms with E-state index in [0.29, 0.717) is 13.0 Å². The second-order valence-corrected chi connectivity index (χ2v) is 7.41. The Morgan fingerprint density at radius 3 is 2.75 bits per heavy atom. The van der Waals surface area contributed by atoms with Crippen molar-refractivity contribution < 1.29 is 9.53 Å². The monoisotopic (exact) mass is 325 g/mol. The molecule has 0 saturated heterocycles. The second kappa shape index (κ2) is 6.59. The second-order valence-electron chi connectivity index (χ2n) is 7.41. The fourth-order valence-corrected chi connectivity index (χ4v) is 2.89. The number of carbonyl (C=O) groups is 1. The molecule has 0 unspecified atom stereocenters. The van der Waals surface area contributed by atoms with E-state index in [2.05, 4.69) is 42.1 Å². The highest BCUT2D eigenvalue weighted by atomic mass is 16.5. The van der Waals surface area contributed by atoms with Crippen molar-refractivity contribution in [3.63, 3.8) is 0 Å². The number of hydrogen-bond acceptors (Lipinski definition) is 4. The third-order valence-corrected chi connectivity index (χ3v) is 3.92. The third kappa shape index (κ3) is 3.91. The molecule has 0 bridgehead atoms. The molecule has 2 heterocycles. The Morgan fingerprint density at radius 1 is 1.29 bits per heavy atom. The fourth-order valence-electron chi connectivity index (χ4n) is 2.89. The molecule has 1 atom stereocenters. The van der Waals surface area contributed by atoms with Gasteiger partial charge in [-0.25, -0.2) is 9.97 Å². The summed E-state index contributed by atoms with van der Waals surface area (Å²) in [5, 5.41) is 2.99. The molecular weight excluding hydrogens is 302 g/mol. The lowest BCUT2D eigenvalue weighted by molar-refractivity contribution is -0.123. The Bertz CT molecular complexity index is 723. The molecule has 1 aliphatic rings. The molecule has 1 amide bonds. The van der Waals surface area contributed by atoms with E-state index in [0.717, 1.165) is 28.9 Å².